The molecule has 3 rings (SSSR count). The summed E-state index contributed by atoms with van der Waals surface area (Å²) < 4.78 is 0. The Hall–Kier alpha value is -1.89. The van der Waals surface area contributed by atoms with Gasteiger partial charge in [-0.1, -0.05) is 0 Å². The van der Waals surface area contributed by atoms with Crippen LogP contribution < -0.4 is 10.2 Å². The molecular weight excluding hydrogens is 278 g/mol. The smallest absolute Gasteiger partial charge is 0.225 e. The number of guanidine groups is 1. The predicted octanol–water partition coefficient (Wildman–Crippen LogP) is -0.120. The maximum absolute atomic E-state index is 4.41. The van der Waals surface area contributed by atoms with Crippen LogP contribution in [0.4, 0.5) is 5.95 Å². The van der Waals surface area contributed by atoms with E-state index in [1.807, 2.05) is 13.1 Å². The Bertz CT molecular complexity index is 478. The van der Waals surface area contributed by atoms with Crippen LogP contribution in [0, 0.1) is 0 Å². The second-order valence-corrected chi connectivity index (χ2v) is 5.69. The summed E-state index contributed by atoms with van der Waals surface area (Å²) in [5.74, 6) is 1.83. The number of likely N-dealkylation sites (tertiary alicyclic amines) is 1. The van der Waals surface area contributed by atoms with E-state index in [0.29, 0.717) is 0 Å². The van der Waals surface area contributed by atoms with E-state index in [9.17, 15) is 0 Å². The van der Waals surface area contributed by atoms with E-state index in [0.717, 1.165) is 51.2 Å². The quantitative estimate of drug-likeness (QED) is 0.618. The zero-order valence-corrected chi connectivity index (χ0v) is 13.3. The highest BCUT2D eigenvalue weighted by molar-refractivity contribution is 5.80. The van der Waals surface area contributed by atoms with Gasteiger partial charge in [0.15, 0.2) is 5.96 Å². The van der Waals surface area contributed by atoms with Crippen LogP contribution in [0.5, 0.6) is 0 Å². The monoisotopic (exact) mass is 303 g/mol. The fourth-order valence-electron chi connectivity index (χ4n) is 2.84. The number of nitrogens with one attached hydrogen (secondary N) is 1. The molecule has 1 aromatic heterocycles. The summed E-state index contributed by atoms with van der Waals surface area (Å²) in [7, 11) is 1.86. The number of hydrogen-bond donors (Lipinski definition) is 1. The minimum absolute atomic E-state index is 0.822. The van der Waals surface area contributed by atoms with E-state index >= 15 is 0 Å². The Morgan fingerprint density at radius 2 is 1.86 bits per heavy atom. The topological polar surface area (TPSA) is 59.9 Å². The molecule has 2 aliphatic rings. The van der Waals surface area contributed by atoms with Crippen LogP contribution in [-0.2, 0) is 0 Å². The van der Waals surface area contributed by atoms with Crippen molar-refractivity contribution in [3.05, 3.63) is 18.5 Å². The zero-order valence-electron chi connectivity index (χ0n) is 13.3. The van der Waals surface area contributed by atoms with E-state index in [4.69, 9.17) is 0 Å². The molecule has 1 N–H and O–H groups in total. The summed E-state index contributed by atoms with van der Waals surface area (Å²) in [6.07, 6.45) is 4.94. The molecule has 0 atom stereocenters. The fourth-order valence-corrected chi connectivity index (χ4v) is 2.84. The SMILES string of the molecule is CN=C(NCCN1CCC1)N1CCN(c2ncccn2)CC1. The molecule has 7 nitrogen and oxygen atoms in total. The predicted molar refractivity (Wildman–Crippen MR) is 88.2 cm³/mol. The van der Waals surface area contributed by atoms with Crippen LogP contribution in [-0.4, -0.2) is 85.1 Å². The number of nitrogens with zero attached hydrogens (tertiary/aromatic N) is 6. The molecular formula is C15H25N7. The average Bonchev–Trinajstić information content (AvgIpc) is 2.54. The van der Waals surface area contributed by atoms with Gasteiger partial charge in [-0.3, -0.25) is 4.99 Å². The van der Waals surface area contributed by atoms with Gasteiger partial charge in [0.1, 0.15) is 0 Å². The molecule has 2 aliphatic heterocycles. The minimum atomic E-state index is 0.822. The lowest BCUT2D eigenvalue weighted by Crippen LogP contribution is -2.54. The van der Waals surface area contributed by atoms with Gasteiger partial charge in [0.05, 0.1) is 0 Å². The second kappa shape index (κ2) is 7.40. The molecule has 22 heavy (non-hydrogen) atoms. The largest absolute Gasteiger partial charge is 0.355 e. The molecule has 0 unspecified atom stereocenters. The molecule has 120 valence electrons. The Morgan fingerprint density at radius 3 is 2.45 bits per heavy atom. The van der Waals surface area contributed by atoms with E-state index < -0.39 is 0 Å². The summed E-state index contributed by atoms with van der Waals surface area (Å²) in [5, 5.41) is 3.48. The fraction of sp³-hybridized carbons (Fsp3) is 0.667. The molecule has 0 aromatic carbocycles. The van der Waals surface area contributed by atoms with Crippen molar-refractivity contribution in [2.45, 2.75) is 6.42 Å². The van der Waals surface area contributed by atoms with Gasteiger partial charge in [0.2, 0.25) is 5.95 Å². The molecule has 0 bridgehead atoms. The lowest BCUT2D eigenvalue weighted by atomic mass is 10.2. The highest BCUT2D eigenvalue weighted by atomic mass is 15.4. The summed E-state index contributed by atoms with van der Waals surface area (Å²) in [5.41, 5.74) is 0. The number of aliphatic imine (C=N–C) groups is 1. The molecule has 0 saturated carbocycles. The van der Waals surface area contributed by atoms with Crippen LogP contribution >= 0.6 is 0 Å². The summed E-state index contributed by atoms with van der Waals surface area (Å²) >= 11 is 0. The van der Waals surface area contributed by atoms with E-state index in [1.165, 1.54) is 19.5 Å². The van der Waals surface area contributed by atoms with Crippen molar-refractivity contribution in [2.24, 2.45) is 4.99 Å². The van der Waals surface area contributed by atoms with Crippen molar-refractivity contribution in [3.63, 3.8) is 0 Å². The van der Waals surface area contributed by atoms with Crippen molar-refractivity contribution >= 4 is 11.9 Å². The van der Waals surface area contributed by atoms with Crippen LogP contribution in [0.15, 0.2) is 23.5 Å². The number of piperazine rings is 1. The van der Waals surface area contributed by atoms with Crippen LogP contribution in [0.1, 0.15) is 6.42 Å². The first kappa shape index (κ1) is 15.0. The zero-order chi connectivity index (χ0) is 15.2. The Morgan fingerprint density at radius 1 is 1.14 bits per heavy atom. The second-order valence-electron chi connectivity index (χ2n) is 5.69. The normalized spacial score (nSPS) is 20.0. The Labute approximate surface area is 132 Å². The number of anilines is 1. The number of aromatic nitrogens is 2. The first-order valence-electron chi connectivity index (χ1n) is 8.07. The molecule has 0 amide bonds. The van der Waals surface area contributed by atoms with Gasteiger partial charge < -0.3 is 20.0 Å². The third-order valence-electron chi connectivity index (χ3n) is 4.29. The summed E-state index contributed by atoms with van der Waals surface area (Å²) in [6, 6.07) is 1.85. The maximum Gasteiger partial charge on any atom is 0.225 e. The first-order chi connectivity index (χ1) is 10.9. The average molecular weight is 303 g/mol. The standard InChI is InChI=1S/C15H25N7/c1-16-14(19-6-9-20-7-3-8-20)21-10-12-22(13-11-21)15-17-4-2-5-18-15/h2,4-5H,3,6-13H2,1H3,(H,16,19). The van der Waals surface area contributed by atoms with E-state index in [-0.39, 0.29) is 0 Å². The molecule has 3 heterocycles. The van der Waals surface area contributed by atoms with Crippen LogP contribution in [0.2, 0.25) is 0 Å². The van der Waals surface area contributed by atoms with Gasteiger partial charge >= 0.3 is 0 Å². The molecule has 0 spiro atoms. The summed E-state index contributed by atoms with van der Waals surface area (Å²) in [6.45, 7) is 8.31. The molecule has 2 saturated heterocycles. The lowest BCUT2D eigenvalue weighted by molar-refractivity contribution is 0.184. The van der Waals surface area contributed by atoms with Gasteiger partial charge in [-0.15, -0.1) is 0 Å². The highest BCUT2D eigenvalue weighted by Crippen LogP contribution is 2.09. The van der Waals surface area contributed by atoms with Gasteiger partial charge in [0.25, 0.3) is 0 Å². The minimum Gasteiger partial charge on any atom is -0.355 e. The van der Waals surface area contributed by atoms with Crippen LogP contribution in [0.25, 0.3) is 0 Å². The molecule has 1 aromatic rings. The highest BCUT2D eigenvalue weighted by Gasteiger charge is 2.21. The summed E-state index contributed by atoms with van der Waals surface area (Å²) in [4.78, 5) is 20.1. The van der Waals surface area contributed by atoms with Crippen LogP contribution in [0.3, 0.4) is 0 Å². The van der Waals surface area contributed by atoms with Crippen molar-refractivity contribution in [1.29, 1.82) is 0 Å². The van der Waals surface area contributed by atoms with Gasteiger partial charge in [0, 0.05) is 58.7 Å². The molecule has 0 radical (unpaired) electrons. The number of hydrogen-bond acceptors (Lipinski definition) is 5. The molecule has 7 heteroatoms. The first-order valence-corrected chi connectivity index (χ1v) is 8.07. The van der Waals surface area contributed by atoms with E-state index in [2.05, 4.69) is 35.0 Å². The lowest BCUT2D eigenvalue weighted by Gasteiger charge is -2.37. The Kier molecular flexibility index (Phi) is 5.05. The third kappa shape index (κ3) is 3.65. The van der Waals surface area contributed by atoms with Crippen molar-refractivity contribution in [1.82, 2.24) is 25.1 Å². The maximum atomic E-state index is 4.41. The number of rotatable bonds is 4. The van der Waals surface area contributed by atoms with Crippen molar-refractivity contribution < 1.29 is 0 Å². The van der Waals surface area contributed by atoms with Crippen molar-refractivity contribution in [2.75, 3.05) is 64.3 Å². The molecule has 0 aliphatic carbocycles. The van der Waals surface area contributed by atoms with E-state index in [1.54, 1.807) is 12.4 Å². The van der Waals surface area contributed by atoms with Crippen molar-refractivity contribution in [3.8, 4) is 0 Å². The van der Waals surface area contributed by atoms with Gasteiger partial charge in [-0.25, -0.2) is 9.97 Å². The Balaban J connectivity index is 1.44. The van der Waals surface area contributed by atoms with Gasteiger partial charge in [-0.05, 0) is 25.6 Å². The molecule has 2 fully saturated rings. The van der Waals surface area contributed by atoms with Gasteiger partial charge in [-0.2, -0.15) is 0 Å². The third-order valence-corrected chi connectivity index (χ3v) is 4.29.